The fraction of sp³-hybridized carbons (Fsp3) is 0.121. The van der Waals surface area contributed by atoms with Crippen LogP contribution in [0.25, 0.3) is 65.9 Å². The van der Waals surface area contributed by atoms with Crippen molar-refractivity contribution in [2.75, 3.05) is 0 Å². The highest BCUT2D eigenvalue weighted by Crippen LogP contribution is 2.35. The van der Waals surface area contributed by atoms with Crippen molar-refractivity contribution in [3.8, 4) is 22.3 Å². The van der Waals surface area contributed by atoms with E-state index in [9.17, 15) is 0 Å². The van der Waals surface area contributed by atoms with Crippen LogP contribution in [0.5, 0.6) is 0 Å². The standard InChI is InChI=1S/C33H27N3/c1-3-35-30-11-7-5-9-26(30)28-18-22(13-15-32(28)35)24-17-25(21-34-20-24)23-14-16-33-29(19-23)27-10-6-8-12-31(27)36(33)4-2/h5-21H,3-4H2,1-2H3. The molecule has 36 heavy (non-hydrogen) atoms. The van der Waals surface area contributed by atoms with E-state index in [0.29, 0.717) is 0 Å². The van der Waals surface area contributed by atoms with Crippen molar-refractivity contribution in [2.45, 2.75) is 26.9 Å². The molecule has 0 aliphatic heterocycles. The Morgan fingerprint density at radius 2 is 0.917 bits per heavy atom. The maximum atomic E-state index is 4.65. The van der Waals surface area contributed by atoms with E-state index in [4.69, 9.17) is 0 Å². The van der Waals surface area contributed by atoms with Crippen LogP contribution in [0.3, 0.4) is 0 Å². The van der Waals surface area contributed by atoms with Crippen molar-refractivity contribution in [2.24, 2.45) is 0 Å². The predicted molar refractivity (Wildman–Crippen MR) is 152 cm³/mol. The van der Waals surface area contributed by atoms with Crippen molar-refractivity contribution >= 4 is 43.6 Å². The summed E-state index contributed by atoms with van der Waals surface area (Å²) in [4.78, 5) is 4.65. The lowest BCUT2D eigenvalue weighted by molar-refractivity contribution is 0.827. The summed E-state index contributed by atoms with van der Waals surface area (Å²) in [5, 5.41) is 5.20. The Morgan fingerprint density at radius 1 is 0.472 bits per heavy atom. The van der Waals surface area contributed by atoms with Gasteiger partial charge >= 0.3 is 0 Å². The minimum Gasteiger partial charge on any atom is -0.341 e. The Bertz CT molecular complexity index is 1780. The van der Waals surface area contributed by atoms with E-state index in [1.165, 1.54) is 54.7 Å². The van der Waals surface area contributed by atoms with Crippen LogP contribution in [0, 0.1) is 0 Å². The Morgan fingerprint density at radius 3 is 1.39 bits per heavy atom. The Hall–Kier alpha value is -4.37. The molecule has 0 fully saturated rings. The van der Waals surface area contributed by atoms with Crippen LogP contribution in [0.15, 0.2) is 103 Å². The van der Waals surface area contributed by atoms with Crippen LogP contribution in [0.1, 0.15) is 13.8 Å². The van der Waals surface area contributed by atoms with E-state index in [-0.39, 0.29) is 0 Å². The first-order chi connectivity index (χ1) is 17.8. The summed E-state index contributed by atoms with van der Waals surface area (Å²) in [5.41, 5.74) is 9.81. The molecule has 7 rings (SSSR count). The van der Waals surface area contributed by atoms with E-state index >= 15 is 0 Å². The molecule has 0 spiro atoms. The lowest BCUT2D eigenvalue weighted by Crippen LogP contribution is -1.92. The fourth-order valence-corrected chi connectivity index (χ4v) is 5.90. The van der Waals surface area contributed by atoms with Crippen LogP contribution >= 0.6 is 0 Å². The summed E-state index contributed by atoms with van der Waals surface area (Å²) in [7, 11) is 0. The van der Waals surface area contributed by atoms with Gasteiger partial charge in [0.05, 0.1) is 0 Å². The Balaban J connectivity index is 1.37. The fourth-order valence-electron chi connectivity index (χ4n) is 5.90. The molecule has 4 aromatic carbocycles. The van der Waals surface area contributed by atoms with E-state index < -0.39 is 0 Å². The molecule has 0 atom stereocenters. The normalized spacial score (nSPS) is 11.8. The topological polar surface area (TPSA) is 22.8 Å². The number of aryl methyl sites for hydroxylation is 2. The van der Waals surface area contributed by atoms with Gasteiger partial charge in [0.15, 0.2) is 0 Å². The van der Waals surface area contributed by atoms with Gasteiger partial charge in [-0.25, -0.2) is 0 Å². The predicted octanol–water partition coefficient (Wildman–Crippen LogP) is 8.67. The van der Waals surface area contributed by atoms with Crippen LogP contribution in [-0.2, 0) is 13.1 Å². The molecule has 0 radical (unpaired) electrons. The third-order valence-electron chi connectivity index (χ3n) is 7.58. The number of hydrogen-bond donors (Lipinski definition) is 0. The highest BCUT2D eigenvalue weighted by atomic mass is 15.0. The smallest absolute Gasteiger partial charge is 0.0491 e. The molecule has 0 bridgehead atoms. The van der Waals surface area contributed by atoms with Crippen molar-refractivity contribution in [1.82, 2.24) is 14.1 Å². The van der Waals surface area contributed by atoms with Crippen molar-refractivity contribution in [3.05, 3.63) is 103 Å². The van der Waals surface area contributed by atoms with E-state index in [1.807, 2.05) is 12.4 Å². The zero-order valence-electron chi connectivity index (χ0n) is 20.6. The first kappa shape index (κ1) is 21.0. The number of hydrogen-bond acceptors (Lipinski definition) is 1. The average Bonchev–Trinajstić information content (AvgIpc) is 3.44. The van der Waals surface area contributed by atoms with Gasteiger partial charge in [0.1, 0.15) is 0 Å². The van der Waals surface area contributed by atoms with Gasteiger partial charge in [-0.3, -0.25) is 4.98 Å². The zero-order chi connectivity index (χ0) is 24.2. The molecule has 0 N–H and O–H groups in total. The molecule has 7 aromatic rings. The summed E-state index contributed by atoms with van der Waals surface area (Å²) in [6.07, 6.45) is 3.95. The molecular formula is C33H27N3. The minimum absolute atomic E-state index is 0.956. The number of nitrogens with zero attached hydrogens (tertiary/aromatic N) is 3. The molecule has 3 aromatic heterocycles. The highest BCUT2D eigenvalue weighted by Gasteiger charge is 2.13. The van der Waals surface area contributed by atoms with E-state index in [0.717, 1.165) is 24.2 Å². The van der Waals surface area contributed by atoms with Crippen LogP contribution < -0.4 is 0 Å². The lowest BCUT2D eigenvalue weighted by Gasteiger charge is -2.08. The SMILES string of the molecule is CCn1c2ccccc2c2cc(-c3cncc(-c4ccc5c(c4)c4ccccc4n5CC)c3)ccc21. The van der Waals surface area contributed by atoms with Gasteiger partial charge < -0.3 is 9.13 Å². The van der Waals surface area contributed by atoms with Crippen molar-refractivity contribution in [1.29, 1.82) is 0 Å². The monoisotopic (exact) mass is 465 g/mol. The Kier molecular flexibility index (Phi) is 4.71. The second kappa shape index (κ2) is 8.10. The molecule has 0 aliphatic carbocycles. The van der Waals surface area contributed by atoms with Gasteiger partial charge in [-0.15, -0.1) is 0 Å². The largest absolute Gasteiger partial charge is 0.341 e. The first-order valence-corrected chi connectivity index (χ1v) is 12.7. The maximum absolute atomic E-state index is 4.65. The summed E-state index contributed by atoms with van der Waals surface area (Å²) in [6, 6.07) is 33.3. The number of para-hydroxylation sites is 2. The van der Waals surface area contributed by atoms with Gasteiger partial charge in [0, 0.05) is 80.2 Å². The maximum Gasteiger partial charge on any atom is 0.0491 e. The lowest BCUT2D eigenvalue weighted by atomic mass is 9.99. The molecule has 0 amide bonds. The molecule has 3 nitrogen and oxygen atoms in total. The minimum atomic E-state index is 0.956. The van der Waals surface area contributed by atoms with Gasteiger partial charge in [-0.1, -0.05) is 48.5 Å². The summed E-state index contributed by atoms with van der Waals surface area (Å²) in [6.45, 7) is 6.33. The molecule has 0 saturated carbocycles. The van der Waals surface area contributed by atoms with Crippen LogP contribution in [0.2, 0.25) is 0 Å². The van der Waals surface area contributed by atoms with Gasteiger partial charge in [-0.2, -0.15) is 0 Å². The Labute approximate surface area is 210 Å². The van der Waals surface area contributed by atoms with Crippen molar-refractivity contribution in [3.63, 3.8) is 0 Å². The molecule has 3 heterocycles. The van der Waals surface area contributed by atoms with Crippen molar-refractivity contribution < 1.29 is 0 Å². The zero-order valence-corrected chi connectivity index (χ0v) is 20.6. The number of fused-ring (bicyclic) bond motifs is 6. The van der Waals surface area contributed by atoms with E-state index in [2.05, 4.69) is 119 Å². The molecule has 174 valence electrons. The molecule has 0 saturated heterocycles. The number of aromatic nitrogens is 3. The molecule has 0 aliphatic rings. The average molecular weight is 466 g/mol. The third kappa shape index (κ3) is 3.02. The van der Waals surface area contributed by atoms with Crippen LogP contribution in [0.4, 0.5) is 0 Å². The quantitative estimate of drug-likeness (QED) is 0.255. The molecular weight excluding hydrogens is 438 g/mol. The van der Waals surface area contributed by atoms with Gasteiger partial charge in [-0.05, 0) is 67.4 Å². The molecule has 3 heteroatoms. The number of rotatable bonds is 4. The number of pyridine rings is 1. The highest BCUT2D eigenvalue weighted by molar-refractivity contribution is 6.10. The molecule has 0 unspecified atom stereocenters. The number of benzene rings is 4. The second-order valence-electron chi connectivity index (χ2n) is 9.45. The third-order valence-corrected chi connectivity index (χ3v) is 7.58. The van der Waals surface area contributed by atoms with E-state index in [1.54, 1.807) is 0 Å². The second-order valence-corrected chi connectivity index (χ2v) is 9.45. The van der Waals surface area contributed by atoms with Gasteiger partial charge in [0.25, 0.3) is 0 Å². The summed E-state index contributed by atoms with van der Waals surface area (Å²) >= 11 is 0. The summed E-state index contributed by atoms with van der Waals surface area (Å²) < 4.78 is 4.79. The summed E-state index contributed by atoms with van der Waals surface area (Å²) in [5.74, 6) is 0. The van der Waals surface area contributed by atoms with Gasteiger partial charge in [0.2, 0.25) is 0 Å². The van der Waals surface area contributed by atoms with Crippen LogP contribution in [-0.4, -0.2) is 14.1 Å². The first-order valence-electron chi connectivity index (χ1n) is 12.7.